The third-order valence-electron chi connectivity index (χ3n) is 3.46. The Balaban J connectivity index is 2.10. The van der Waals surface area contributed by atoms with E-state index in [0.29, 0.717) is 12.1 Å². The van der Waals surface area contributed by atoms with Gasteiger partial charge in [0.25, 0.3) is 5.91 Å². The van der Waals surface area contributed by atoms with Crippen molar-refractivity contribution < 1.29 is 9.90 Å². The lowest BCUT2D eigenvalue weighted by atomic mass is 9.98. The maximum absolute atomic E-state index is 12.3. The number of nitrogens with zero attached hydrogens (tertiary/aromatic N) is 1. The highest BCUT2D eigenvalue weighted by Gasteiger charge is 2.23. The summed E-state index contributed by atoms with van der Waals surface area (Å²) in [6.07, 6.45) is 1.99. The molecule has 4 heteroatoms. The average molecular weight is 248 g/mol. The normalized spacial score (nSPS) is 19.7. The lowest BCUT2D eigenvalue weighted by Gasteiger charge is -2.32. The third kappa shape index (κ3) is 2.82. The Bertz CT molecular complexity index is 420. The Morgan fingerprint density at radius 3 is 3.11 bits per heavy atom. The van der Waals surface area contributed by atoms with E-state index in [1.807, 2.05) is 36.2 Å². The highest BCUT2D eigenvalue weighted by atomic mass is 16.3. The molecule has 1 heterocycles. The molecule has 0 spiro atoms. The predicted molar refractivity (Wildman–Crippen MR) is 71.7 cm³/mol. The number of hydrogen-bond acceptors (Lipinski definition) is 3. The van der Waals surface area contributed by atoms with Crippen molar-refractivity contribution in [2.45, 2.75) is 12.8 Å². The first-order chi connectivity index (χ1) is 8.74. The minimum Gasteiger partial charge on any atom is -0.396 e. The monoisotopic (exact) mass is 248 g/mol. The molecular weight excluding hydrogens is 228 g/mol. The van der Waals surface area contributed by atoms with Crippen molar-refractivity contribution in [2.24, 2.45) is 5.92 Å². The van der Waals surface area contributed by atoms with Crippen LogP contribution in [0.25, 0.3) is 0 Å². The molecule has 0 bridgehead atoms. The largest absolute Gasteiger partial charge is 0.396 e. The van der Waals surface area contributed by atoms with E-state index in [1.54, 1.807) is 0 Å². The van der Waals surface area contributed by atoms with Gasteiger partial charge in [-0.3, -0.25) is 4.79 Å². The van der Waals surface area contributed by atoms with Crippen LogP contribution in [0, 0.1) is 5.92 Å². The fourth-order valence-corrected chi connectivity index (χ4v) is 2.39. The SMILES string of the molecule is CNc1cccc(C(=O)N2CCCC(CO)C2)c1. The van der Waals surface area contributed by atoms with E-state index in [0.717, 1.165) is 25.1 Å². The number of anilines is 1. The Hall–Kier alpha value is -1.55. The fourth-order valence-electron chi connectivity index (χ4n) is 2.39. The molecule has 0 radical (unpaired) electrons. The topological polar surface area (TPSA) is 52.6 Å². The Morgan fingerprint density at radius 2 is 2.39 bits per heavy atom. The van der Waals surface area contributed by atoms with Gasteiger partial charge in [0.05, 0.1) is 0 Å². The van der Waals surface area contributed by atoms with Gasteiger partial charge in [0.1, 0.15) is 0 Å². The Kier molecular flexibility index (Phi) is 4.20. The summed E-state index contributed by atoms with van der Waals surface area (Å²) in [5, 5.41) is 12.2. The molecule has 2 rings (SSSR count). The van der Waals surface area contributed by atoms with E-state index in [4.69, 9.17) is 0 Å². The Labute approximate surface area is 108 Å². The molecule has 0 aromatic heterocycles. The van der Waals surface area contributed by atoms with Crippen LogP contribution in [0.3, 0.4) is 0 Å². The number of benzene rings is 1. The molecule has 18 heavy (non-hydrogen) atoms. The predicted octanol–water partition coefficient (Wildman–Crippen LogP) is 1.57. The van der Waals surface area contributed by atoms with Gasteiger partial charge in [0.2, 0.25) is 0 Å². The molecule has 1 saturated heterocycles. The zero-order valence-corrected chi connectivity index (χ0v) is 10.7. The quantitative estimate of drug-likeness (QED) is 0.853. The molecule has 0 saturated carbocycles. The third-order valence-corrected chi connectivity index (χ3v) is 3.46. The van der Waals surface area contributed by atoms with Crippen molar-refractivity contribution in [1.29, 1.82) is 0 Å². The van der Waals surface area contributed by atoms with Crippen molar-refractivity contribution in [1.82, 2.24) is 4.90 Å². The van der Waals surface area contributed by atoms with E-state index >= 15 is 0 Å². The van der Waals surface area contributed by atoms with E-state index in [1.165, 1.54) is 0 Å². The lowest BCUT2D eigenvalue weighted by molar-refractivity contribution is 0.0621. The van der Waals surface area contributed by atoms with E-state index in [9.17, 15) is 9.90 Å². The smallest absolute Gasteiger partial charge is 0.253 e. The molecule has 1 aliphatic rings. The second-order valence-corrected chi connectivity index (χ2v) is 4.77. The van der Waals surface area contributed by atoms with Crippen molar-refractivity contribution in [2.75, 3.05) is 32.1 Å². The number of hydrogen-bond donors (Lipinski definition) is 2. The second-order valence-electron chi connectivity index (χ2n) is 4.77. The van der Waals surface area contributed by atoms with Crippen LogP contribution < -0.4 is 5.32 Å². The van der Waals surface area contributed by atoms with E-state index < -0.39 is 0 Å². The van der Waals surface area contributed by atoms with Crippen molar-refractivity contribution >= 4 is 11.6 Å². The number of carbonyl (C=O) groups excluding carboxylic acids is 1. The van der Waals surface area contributed by atoms with Gasteiger partial charge in [-0.25, -0.2) is 0 Å². The number of nitrogens with one attached hydrogen (secondary N) is 1. The van der Waals surface area contributed by atoms with Crippen LogP contribution >= 0.6 is 0 Å². The van der Waals surface area contributed by atoms with Crippen molar-refractivity contribution in [3.8, 4) is 0 Å². The van der Waals surface area contributed by atoms with E-state index in [-0.39, 0.29) is 18.4 Å². The summed E-state index contributed by atoms with van der Waals surface area (Å²) in [4.78, 5) is 14.2. The fraction of sp³-hybridized carbons (Fsp3) is 0.500. The van der Waals surface area contributed by atoms with Crippen LogP contribution in [0.4, 0.5) is 5.69 Å². The van der Waals surface area contributed by atoms with Gasteiger partial charge in [-0.1, -0.05) is 6.07 Å². The molecule has 1 aromatic carbocycles. The van der Waals surface area contributed by atoms with Crippen LogP contribution in [0.5, 0.6) is 0 Å². The highest BCUT2D eigenvalue weighted by Crippen LogP contribution is 2.19. The lowest BCUT2D eigenvalue weighted by Crippen LogP contribution is -2.40. The van der Waals surface area contributed by atoms with Gasteiger partial charge in [0, 0.05) is 38.0 Å². The van der Waals surface area contributed by atoms with Crippen molar-refractivity contribution in [3.05, 3.63) is 29.8 Å². The summed E-state index contributed by atoms with van der Waals surface area (Å²) < 4.78 is 0. The highest BCUT2D eigenvalue weighted by molar-refractivity contribution is 5.95. The van der Waals surface area contributed by atoms with Crippen molar-refractivity contribution in [3.63, 3.8) is 0 Å². The number of carbonyl (C=O) groups is 1. The molecule has 1 unspecified atom stereocenters. The number of aliphatic hydroxyl groups is 1. The summed E-state index contributed by atoms with van der Waals surface area (Å²) in [5.41, 5.74) is 1.65. The maximum Gasteiger partial charge on any atom is 0.253 e. The second kappa shape index (κ2) is 5.87. The first-order valence-electron chi connectivity index (χ1n) is 6.42. The Morgan fingerprint density at radius 1 is 1.56 bits per heavy atom. The summed E-state index contributed by atoms with van der Waals surface area (Å²) in [6.45, 7) is 1.62. The number of piperidine rings is 1. The van der Waals surface area contributed by atoms with Gasteiger partial charge in [-0.15, -0.1) is 0 Å². The zero-order valence-electron chi connectivity index (χ0n) is 10.7. The molecule has 1 fully saturated rings. The zero-order chi connectivity index (χ0) is 13.0. The summed E-state index contributed by atoms with van der Waals surface area (Å²) in [6, 6.07) is 7.52. The molecule has 1 aromatic rings. The average Bonchev–Trinajstić information content (AvgIpc) is 2.46. The van der Waals surface area contributed by atoms with Crippen LogP contribution in [-0.4, -0.2) is 42.7 Å². The summed E-state index contributed by atoms with van der Waals surface area (Å²) in [7, 11) is 1.84. The van der Waals surface area contributed by atoms with Gasteiger partial charge < -0.3 is 15.3 Å². The van der Waals surface area contributed by atoms with Crippen LogP contribution in [0.2, 0.25) is 0 Å². The minimum atomic E-state index is 0.0604. The van der Waals surface area contributed by atoms with Gasteiger partial charge >= 0.3 is 0 Å². The van der Waals surface area contributed by atoms with Gasteiger partial charge in [-0.2, -0.15) is 0 Å². The molecule has 2 N–H and O–H groups in total. The molecule has 1 aliphatic heterocycles. The molecule has 0 aliphatic carbocycles. The molecular formula is C14H20N2O2. The van der Waals surface area contributed by atoms with Gasteiger partial charge in [0.15, 0.2) is 0 Å². The number of aliphatic hydroxyl groups excluding tert-OH is 1. The van der Waals surface area contributed by atoms with Crippen LogP contribution in [0.1, 0.15) is 23.2 Å². The standard InChI is InChI=1S/C14H20N2O2/c1-15-13-6-2-5-12(8-13)14(18)16-7-3-4-11(9-16)10-17/h2,5-6,8,11,15,17H,3-4,7,9-10H2,1H3. The molecule has 1 atom stereocenters. The minimum absolute atomic E-state index is 0.0604. The number of amides is 1. The number of rotatable bonds is 3. The van der Waals surface area contributed by atoms with Crippen LogP contribution in [0.15, 0.2) is 24.3 Å². The molecule has 98 valence electrons. The summed E-state index contributed by atoms with van der Waals surface area (Å²) in [5.74, 6) is 0.292. The van der Waals surface area contributed by atoms with E-state index in [2.05, 4.69) is 5.32 Å². The summed E-state index contributed by atoms with van der Waals surface area (Å²) >= 11 is 0. The first kappa shape index (κ1) is 12.9. The van der Waals surface area contributed by atoms with Crippen LogP contribution in [-0.2, 0) is 0 Å². The van der Waals surface area contributed by atoms with Gasteiger partial charge in [-0.05, 0) is 37.0 Å². The molecule has 4 nitrogen and oxygen atoms in total. The first-order valence-corrected chi connectivity index (χ1v) is 6.42. The maximum atomic E-state index is 12.3. The molecule has 1 amide bonds. The number of likely N-dealkylation sites (tertiary alicyclic amines) is 1.